The van der Waals surface area contributed by atoms with Crippen molar-refractivity contribution < 1.29 is 23.1 Å². The van der Waals surface area contributed by atoms with Crippen LogP contribution in [0.15, 0.2) is 24.3 Å². The van der Waals surface area contributed by atoms with E-state index in [1.807, 2.05) is 0 Å². The zero-order valence-electron chi connectivity index (χ0n) is 13.6. The fourth-order valence-corrected chi connectivity index (χ4v) is 2.42. The minimum atomic E-state index is -2.90. The van der Waals surface area contributed by atoms with Crippen molar-refractivity contribution in [1.82, 2.24) is 5.32 Å². The second-order valence-electron chi connectivity index (χ2n) is 6.25. The number of carbonyl (C=O) groups is 2. The second kappa shape index (κ2) is 7.12. The zero-order chi connectivity index (χ0) is 17.9. The molecule has 1 saturated heterocycles. The van der Waals surface area contributed by atoms with Crippen LogP contribution in [0.2, 0.25) is 0 Å². The Labute approximate surface area is 138 Å². The maximum atomic E-state index is 12.6. The van der Waals surface area contributed by atoms with Crippen LogP contribution in [0.5, 0.6) is 5.75 Å². The molecule has 0 bridgehead atoms. The van der Waals surface area contributed by atoms with Crippen LogP contribution in [-0.4, -0.2) is 36.6 Å². The predicted molar refractivity (Wildman–Crippen MR) is 84.9 cm³/mol. The number of nitrogens with two attached hydrogens (primary N) is 1. The minimum Gasteiger partial charge on any atom is -0.435 e. The largest absolute Gasteiger partial charge is 0.435 e. The summed E-state index contributed by atoms with van der Waals surface area (Å²) in [5.74, 6) is -0.627. The van der Waals surface area contributed by atoms with Crippen LogP contribution in [0.4, 0.5) is 14.5 Å². The van der Waals surface area contributed by atoms with Crippen LogP contribution >= 0.6 is 0 Å². The number of halogens is 2. The standard InChI is InChI=1S/C16H21F2N3O3/c1-16(2,19)14(23)20-12-4-3-9-21(13(12)22)10-5-7-11(8-6-10)24-15(17)18/h5-8,12,15H,3-4,9,19H2,1-2H3,(H,20,23). The van der Waals surface area contributed by atoms with Crippen LogP contribution in [0.3, 0.4) is 0 Å². The van der Waals surface area contributed by atoms with Gasteiger partial charge in [-0.2, -0.15) is 8.78 Å². The summed E-state index contributed by atoms with van der Waals surface area (Å²) in [5, 5.41) is 2.67. The Kier molecular flexibility index (Phi) is 5.38. The molecular weight excluding hydrogens is 320 g/mol. The lowest BCUT2D eigenvalue weighted by Gasteiger charge is -2.34. The predicted octanol–water partition coefficient (Wildman–Crippen LogP) is 1.64. The van der Waals surface area contributed by atoms with Crippen molar-refractivity contribution in [1.29, 1.82) is 0 Å². The fraction of sp³-hybridized carbons (Fsp3) is 0.500. The number of nitrogens with zero attached hydrogens (tertiary/aromatic N) is 1. The van der Waals surface area contributed by atoms with Gasteiger partial charge in [0, 0.05) is 12.2 Å². The highest BCUT2D eigenvalue weighted by Crippen LogP contribution is 2.24. The van der Waals surface area contributed by atoms with Gasteiger partial charge in [0.15, 0.2) is 0 Å². The van der Waals surface area contributed by atoms with Crippen LogP contribution in [0, 0.1) is 0 Å². The Morgan fingerprint density at radius 1 is 1.38 bits per heavy atom. The van der Waals surface area contributed by atoms with E-state index in [1.54, 1.807) is 13.8 Å². The van der Waals surface area contributed by atoms with Crippen molar-refractivity contribution in [2.45, 2.75) is 44.9 Å². The van der Waals surface area contributed by atoms with Gasteiger partial charge in [0.25, 0.3) is 0 Å². The van der Waals surface area contributed by atoms with E-state index < -0.39 is 24.1 Å². The van der Waals surface area contributed by atoms with Crippen molar-refractivity contribution in [2.75, 3.05) is 11.4 Å². The highest BCUT2D eigenvalue weighted by atomic mass is 19.3. The third-order valence-electron chi connectivity index (χ3n) is 3.70. The lowest BCUT2D eigenvalue weighted by atomic mass is 10.0. The number of carbonyl (C=O) groups excluding carboxylic acids is 2. The van der Waals surface area contributed by atoms with E-state index in [0.29, 0.717) is 25.1 Å². The molecule has 24 heavy (non-hydrogen) atoms. The van der Waals surface area contributed by atoms with Gasteiger partial charge in [-0.15, -0.1) is 0 Å². The van der Waals surface area contributed by atoms with Crippen molar-refractivity contribution in [3.05, 3.63) is 24.3 Å². The molecule has 0 spiro atoms. The lowest BCUT2D eigenvalue weighted by Crippen LogP contribution is -2.58. The molecule has 8 heteroatoms. The molecule has 3 N–H and O–H groups in total. The van der Waals surface area contributed by atoms with Crippen LogP contribution in [0.1, 0.15) is 26.7 Å². The maximum Gasteiger partial charge on any atom is 0.387 e. The number of alkyl halides is 2. The van der Waals surface area contributed by atoms with Crippen molar-refractivity contribution in [3.8, 4) is 5.75 Å². The first-order chi connectivity index (χ1) is 11.2. The number of benzene rings is 1. The summed E-state index contributed by atoms with van der Waals surface area (Å²) in [5.41, 5.74) is 5.22. The van der Waals surface area contributed by atoms with Gasteiger partial charge in [0.05, 0.1) is 5.54 Å². The molecule has 0 aromatic heterocycles. The average molecular weight is 341 g/mol. The normalized spacial score (nSPS) is 18.7. The molecular formula is C16H21F2N3O3. The molecule has 0 aliphatic carbocycles. The number of hydrogen-bond donors (Lipinski definition) is 2. The fourth-order valence-electron chi connectivity index (χ4n) is 2.42. The first kappa shape index (κ1) is 18.1. The lowest BCUT2D eigenvalue weighted by molar-refractivity contribution is -0.130. The Balaban J connectivity index is 2.08. The van der Waals surface area contributed by atoms with Crippen LogP contribution in [0.25, 0.3) is 0 Å². The smallest absolute Gasteiger partial charge is 0.387 e. The second-order valence-corrected chi connectivity index (χ2v) is 6.25. The Morgan fingerprint density at radius 3 is 2.54 bits per heavy atom. The summed E-state index contributed by atoms with van der Waals surface area (Å²) in [6, 6.07) is 5.17. The van der Waals surface area contributed by atoms with Crippen molar-refractivity contribution in [2.24, 2.45) is 5.73 Å². The van der Waals surface area contributed by atoms with Gasteiger partial charge in [-0.1, -0.05) is 0 Å². The van der Waals surface area contributed by atoms with Gasteiger partial charge >= 0.3 is 6.61 Å². The van der Waals surface area contributed by atoms with E-state index in [0.717, 1.165) is 0 Å². The topological polar surface area (TPSA) is 84.7 Å². The van der Waals surface area contributed by atoms with Crippen LogP contribution in [-0.2, 0) is 9.59 Å². The molecule has 6 nitrogen and oxygen atoms in total. The van der Waals surface area contributed by atoms with Gasteiger partial charge in [-0.25, -0.2) is 0 Å². The van der Waals surface area contributed by atoms with Gasteiger partial charge in [-0.3, -0.25) is 9.59 Å². The Bertz CT molecular complexity index is 600. The molecule has 1 atom stereocenters. The van der Waals surface area contributed by atoms with Gasteiger partial charge in [-0.05, 0) is 51.0 Å². The molecule has 1 heterocycles. The molecule has 1 aromatic carbocycles. The summed E-state index contributed by atoms with van der Waals surface area (Å²) < 4.78 is 28.6. The molecule has 0 radical (unpaired) electrons. The number of amides is 2. The van der Waals surface area contributed by atoms with E-state index in [4.69, 9.17) is 5.73 Å². The van der Waals surface area contributed by atoms with E-state index in [2.05, 4.69) is 10.1 Å². The van der Waals surface area contributed by atoms with E-state index in [1.165, 1.54) is 29.2 Å². The first-order valence-corrected chi connectivity index (χ1v) is 7.64. The van der Waals surface area contributed by atoms with Crippen molar-refractivity contribution in [3.63, 3.8) is 0 Å². The molecule has 1 fully saturated rings. The van der Waals surface area contributed by atoms with E-state index >= 15 is 0 Å². The Morgan fingerprint density at radius 2 is 2.00 bits per heavy atom. The quantitative estimate of drug-likeness (QED) is 0.853. The number of piperidine rings is 1. The van der Waals surface area contributed by atoms with Gasteiger partial charge < -0.3 is 20.7 Å². The SMILES string of the molecule is CC(C)(N)C(=O)NC1CCCN(c2ccc(OC(F)F)cc2)C1=O. The van der Waals surface area contributed by atoms with Gasteiger partial charge in [0.1, 0.15) is 11.8 Å². The summed E-state index contributed by atoms with van der Waals surface area (Å²) in [4.78, 5) is 26.1. The average Bonchev–Trinajstić information content (AvgIpc) is 2.49. The molecule has 1 aliphatic rings. The van der Waals surface area contributed by atoms with E-state index in [9.17, 15) is 18.4 Å². The maximum absolute atomic E-state index is 12.6. The molecule has 1 aliphatic heterocycles. The molecule has 1 unspecified atom stereocenters. The molecule has 2 amide bonds. The summed E-state index contributed by atoms with van der Waals surface area (Å²) in [6.45, 7) is 0.725. The summed E-state index contributed by atoms with van der Waals surface area (Å²) in [6.07, 6.45) is 1.24. The third-order valence-corrected chi connectivity index (χ3v) is 3.70. The number of hydrogen-bond acceptors (Lipinski definition) is 4. The number of anilines is 1. The van der Waals surface area contributed by atoms with E-state index in [-0.39, 0.29) is 11.7 Å². The van der Waals surface area contributed by atoms with Gasteiger partial charge in [0.2, 0.25) is 11.8 Å². The third kappa shape index (κ3) is 4.41. The highest BCUT2D eigenvalue weighted by molar-refractivity contribution is 6.00. The summed E-state index contributed by atoms with van der Waals surface area (Å²) in [7, 11) is 0. The highest BCUT2D eigenvalue weighted by Gasteiger charge is 2.33. The molecule has 1 aromatic rings. The molecule has 0 saturated carbocycles. The monoisotopic (exact) mass is 341 g/mol. The summed E-state index contributed by atoms with van der Waals surface area (Å²) >= 11 is 0. The number of rotatable bonds is 5. The number of ether oxygens (including phenoxy) is 1. The van der Waals surface area contributed by atoms with Crippen LogP contribution < -0.4 is 20.7 Å². The Hall–Kier alpha value is -2.22. The molecule has 132 valence electrons. The van der Waals surface area contributed by atoms with Crippen molar-refractivity contribution >= 4 is 17.5 Å². The number of nitrogens with one attached hydrogen (secondary N) is 1. The first-order valence-electron chi connectivity index (χ1n) is 7.64. The minimum absolute atomic E-state index is 0.0212. The zero-order valence-corrected chi connectivity index (χ0v) is 13.6. The molecule has 2 rings (SSSR count).